The van der Waals surface area contributed by atoms with Gasteiger partial charge in [0.15, 0.2) is 0 Å². The molecule has 0 saturated carbocycles. The van der Waals surface area contributed by atoms with E-state index in [0.29, 0.717) is 6.42 Å². The quantitative estimate of drug-likeness (QED) is 0.725. The van der Waals surface area contributed by atoms with Gasteiger partial charge in [-0.1, -0.05) is 6.92 Å². The molecule has 5 heteroatoms. The Balaban J connectivity index is 2.66. The SMILES string of the molecule is CCCn1cncc1CC(S)C(=O)O. The van der Waals surface area contributed by atoms with Crippen LogP contribution in [0.1, 0.15) is 19.0 Å². The number of thiol groups is 1. The summed E-state index contributed by atoms with van der Waals surface area (Å²) in [7, 11) is 0. The van der Waals surface area contributed by atoms with Crippen molar-refractivity contribution in [2.75, 3.05) is 0 Å². The molecule has 0 aliphatic rings. The van der Waals surface area contributed by atoms with E-state index < -0.39 is 11.2 Å². The van der Waals surface area contributed by atoms with Crippen molar-refractivity contribution in [1.82, 2.24) is 9.55 Å². The molecule has 1 atom stereocenters. The van der Waals surface area contributed by atoms with Crippen molar-refractivity contribution in [3.05, 3.63) is 18.2 Å². The first-order valence-electron chi connectivity index (χ1n) is 4.55. The van der Waals surface area contributed by atoms with E-state index in [1.165, 1.54) is 0 Å². The summed E-state index contributed by atoms with van der Waals surface area (Å²) in [4.78, 5) is 14.6. The van der Waals surface area contributed by atoms with Gasteiger partial charge in [0.2, 0.25) is 0 Å². The van der Waals surface area contributed by atoms with Crippen LogP contribution in [-0.4, -0.2) is 25.9 Å². The summed E-state index contributed by atoms with van der Waals surface area (Å²) in [5, 5.41) is 8.04. The van der Waals surface area contributed by atoms with Crippen LogP contribution in [0.3, 0.4) is 0 Å². The van der Waals surface area contributed by atoms with Crippen molar-refractivity contribution in [1.29, 1.82) is 0 Å². The average molecular weight is 214 g/mol. The smallest absolute Gasteiger partial charge is 0.316 e. The van der Waals surface area contributed by atoms with Gasteiger partial charge in [0.25, 0.3) is 0 Å². The Bertz CT molecular complexity index is 312. The number of carboxylic acid groups (broad SMARTS) is 1. The monoisotopic (exact) mass is 214 g/mol. The Hall–Kier alpha value is -0.970. The van der Waals surface area contributed by atoms with E-state index in [2.05, 4.69) is 24.5 Å². The molecule has 0 aliphatic carbocycles. The van der Waals surface area contributed by atoms with E-state index in [9.17, 15) is 4.79 Å². The largest absolute Gasteiger partial charge is 0.480 e. The maximum atomic E-state index is 10.6. The molecule has 14 heavy (non-hydrogen) atoms. The first kappa shape index (κ1) is 11.1. The molecule has 1 aromatic heterocycles. The number of nitrogens with zero attached hydrogens (tertiary/aromatic N) is 2. The first-order valence-corrected chi connectivity index (χ1v) is 5.06. The number of carboxylic acids is 1. The zero-order valence-electron chi connectivity index (χ0n) is 8.05. The van der Waals surface area contributed by atoms with Gasteiger partial charge in [-0.2, -0.15) is 12.6 Å². The first-order chi connectivity index (χ1) is 6.65. The van der Waals surface area contributed by atoms with Crippen molar-refractivity contribution in [2.45, 2.75) is 31.6 Å². The van der Waals surface area contributed by atoms with Gasteiger partial charge < -0.3 is 9.67 Å². The summed E-state index contributed by atoms with van der Waals surface area (Å²) < 4.78 is 1.96. The normalized spacial score (nSPS) is 12.7. The van der Waals surface area contributed by atoms with Crippen LogP contribution in [0.2, 0.25) is 0 Å². The van der Waals surface area contributed by atoms with Crippen LogP contribution in [0.15, 0.2) is 12.5 Å². The Kier molecular flexibility index (Phi) is 4.00. The van der Waals surface area contributed by atoms with Crippen LogP contribution < -0.4 is 0 Å². The molecule has 0 aliphatic heterocycles. The number of hydrogen-bond acceptors (Lipinski definition) is 3. The van der Waals surface area contributed by atoms with Crippen LogP contribution in [0.25, 0.3) is 0 Å². The lowest BCUT2D eigenvalue weighted by molar-refractivity contribution is -0.136. The average Bonchev–Trinajstić information content (AvgIpc) is 2.53. The molecule has 78 valence electrons. The minimum absolute atomic E-state index is 0.415. The second-order valence-corrected chi connectivity index (χ2v) is 3.76. The summed E-state index contributed by atoms with van der Waals surface area (Å²) in [6, 6.07) is 0. The number of hydrogen-bond donors (Lipinski definition) is 2. The van der Waals surface area contributed by atoms with Crippen LogP contribution >= 0.6 is 12.6 Å². The van der Waals surface area contributed by atoms with E-state index in [1.807, 2.05) is 4.57 Å². The van der Waals surface area contributed by atoms with E-state index in [-0.39, 0.29) is 0 Å². The Morgan fingerprint density at radius 2 is 2.50 bits per heavy atom. The zero-order chi connectivity index (χ0) is 10.6. The van der Waals surface area contributed by atoms with Crippen LogP contribution in [0.4, 0.5) is 0 Å². The summed E-state index contributed by atoms with van der Waals surface area (Å²) in [5.41, 5.74) is 0.925. The maximum Gasteiger partial charge on any atom is 0.316 e. The topological polar surface area (TPSA) is 55.1 Å². The third-order valence-corrected chi connectivity index (χ3v) is 2.35. The standard InChI is InChI=1S/C9H14N2O2S/c1-2-3-11-6-10-5-7(11)4-8(14)9(12)13/h5-6,8,14H,2-4H2,1H3,(H,12,13). The van der Waals surface area contributed by atoms with Gasteiger partial charge in [-0.3, -0.25) is 4.79 Å². The van der Waals surface area contributed by atoms with Gasteiger partial charge in [0, 0.05) is 24.9 Å². The highest BCUT2D eigenvalue weighted by Crippen LogP contribution is 2.08. The summed E-state index contributed by atoms with van der Waals surface area (Å²) in [6.45, 7) is 2.94. The van der Waals surface area contributed by atoms with Gasteiger partial charge >= 0.3 is 5.97 Å². The van der Waals surface area contributed by atoms with Gasteiger partial charge in [-0.15, -0.1) is 0 Å². The van der Waals surface area contributed by atoms with E-state index in [1.54, 1.807) is 12.5 Å². The zero-order valence-corrected chi connectivity index (χ0v) is 8.94. The number of rotatable bonds is 5. The molecule has 0 amide bonds. The molecule has 0 radical (unpaired) electrons. The van der Waals surface area contributed by atoms with Crippen LogP contribution in [0.5, 0.6) is 0 Å². The van der Waals surface area contributed by atoms with Gasteiger partial charge in [0.1, 0.15) is 5.25 Å². The van der Waals surface area contributed by atoms with Crippen molar-refractivity contribution < 1.29 is 9.90 Å². The van der Waals surface area contributed by atoms with Gasteiger partial charge in [-0.25, -0.2) is 4.98 Å². The molecule has 0 aromatic carbocycles. The third kappa shape index (κ3) is 2.77. The molecular weight excluding hydrogens is 200 g/mol. The highest BCUT2D eigenvalue weighted by Gasteiger charge is 2.14. The minimum Gasteiger partial charge on any atom is -0.480 e. The predicted octanol–water partition coefficient (Wildman–Crippen LogP) is 1.22. The van der Waals surface area contributed by atoms with E-state index in [4.69, 9.17) is 5.11 Å². The van der Waals surface area contributed by atoms with Crippen molar-refractivity contribution in [2.24, 2.45) is 0 Å². The molecule has 4 nitrogen and oxygen atoms in total. The summed E-state index contributed by atoms with van der Waals surface area (Å²) >= 11 is 3.99. The molecule has 0 fully saturated rings. The molecule has 1 heterocycles. The fourth-order valence-electron chi connectivity index (χ4n) is 1.25. The van der Waals surface area contributed by atoms with Crippen molar-refractivity contribution in [3.8, 4) is 0 Å². The van der Waals surface area contributed by atoms with E-state index in [0.717, 1.165) is 18.7 Å². The number of carbonyl (C=O) groups is 1. The molecule has 1 N–H and O–H groups in total. The fourth-order valence-corrected chi connectivity index (χ4v) is 1.43. The van der Waals surface area contributed by atoms with Crippen LogP contribution in [0, 0.1) is 0 Å². The number of imidazole rings is 1. The summed E-state index contributed by atoms with van der Waals surface area (Å²) in [5.74, 6) is -0.891. The minimum atomic E-state index is -0.891. The van der Waals surface area contributed by atoms with Crippen LogP contribution in [-0.2, 0) is 17.8 Å². The predicted molar refractivity (Wildman–Crippen MR) is 56.6 cm³/mol. The molecule has 1 unspecified atom stereocenters. The molecule has 1 aromatic rings. The third-order valence-electron chi connectivity index (χ3n) is 1.95. The summed E-state index contributed by atoms with van der Waals surface area (Å²) in [6.07, 6.45) is 4.84. The molecular formula is C9H14N2O2S. The van der Waals surface area contributed by atoms with Crippen molar-refractivity contribution >= 4 is 18.6 Å². The molecule has 1 rings (SSSR count). The Labute approximate surface area is 88.4 Å². The number of aryl methyl sites for hydroxylation is 1. The molecule has 0 spiro atoms. The highest BCUT2D eigenvalue weighted by atomic mass is 32.1. The Morgan fingerprint density at radius 1 is 1.79 bits per heavy atom. The number of aromatic nitrogens is 2. The molecule has 0 saturated heterocycles. The lowest BCUT2D eigenvalue weighted by Crippen LogP contribution is -2.18. The second-order valence-electron chi connectivity index (χ2n) is 3.14. The highest BCUT2D eigenvalue weighted by molar-refractivity contribution is 7.81. The van der Waals surface area contributed by atoms with Crippen molar-refractivity contribution in [3.63, 3.8) is 0 Å². The van der Waals surface area contributed by atoms with Gasteiger partial charge in [-0.05, 0) is 6.42 Å². The van der Waals surface area contributed by atoms with Gasteiger partial charge in [0.05, 0.1) is 6.33 Å². The number of aliphatic carboxylic acids is 1. The lowest BCUT2D eigenvalue weighted by atomic mass is 10.2. The molecule has 0 bridgehead atoms. The van der Waals surface area contributed by atoms with E-state index >= 15 is 0 Å². The lowest BCUT2D eigenvalue weighted by Gasteiger charge is -2.08. The second kappa shape index (κ2) is 5.05. The Morgan fingerprint density at radius 3 is 3.07 bits per heavy atom. The fraction of sp³-hybridized carbons (Fsp3) is 0.556. The maximum absolute atomic E-state index is 10.6.